The van der Waals surface area contributed by atoms with Gasteiger partial charge in [0, 0.05) is 17.6 Å². The smallest absolute Gasteiger partial charge is 0.334 e. The standard InChI is InChI=1S/C20H24O5/c1-6-9(2)19(22)25-18-16-11(4)14(21)8-13(16)10(3)7-15-17(18)12(5)20(23)24-15/h6,10,13,15,17-18H,5,7-8H2,1-4H3. The molecule has 0 N–H and O–H groups in total. The average molecular weight is 344 g/mol. The van der Waals surface area contributed by atoms with E-state index < -0.39 is 24.0 Å². The van der Waals surface area contributed by atoms with Crippen LogP contribution >= 0.6 is 0 Å². The summed E-state index contributed by atoms with van der Waals surface area (Å²) >= 11 is 0. The van der Waals surface area contributed by atoms with Crippen LogP contribution in [0.5, 0.6) is 0 Å². The fraction of sp³-hybridized carbons (Fsp3) is 0.550. The molecular weight excluding hydrogens is 320 g/mol. The van der Waals surface area contributed by atoms with Crippen molar-refractivity contribution in [2.45, 2.75) is 52.7 Å². The number of fused-ring (bicyclic) bond motifs is 2. The lowest BCUT2D eigenvalue weighted by atomic mass is 9.84. The highest BCUT2D eigenvalue weighted by Gasteiger charge is 2.53. The van der Waals surface area contributed by atoms with Crippen LogP contribution in [0.1, 0.15) is 40.5 Å². The second kappa shape index (κ2) is 6.28. The summed E-state index contributed by atoms with van der Waals surface area (Å²) in [5.41, 5.74) is 2.32. The van der Waals surface area contributed by atoms with Crippen LogP contribution in [-0.2, 0) is 23.9 Å². The number of carbonyl (C=O) groups is 3. The summed E-state index contributed by atoms with van der Waals surface area (Å²) in [5, 5.41) is 0. The quantitative estimate of drug-likeness (QED) is 0.569. The van der Waals surface area contributed by atoms with Crippen LogP contribution < -0.4 is 0 Å². The summed E-state index contributed by atoms with van der Waals surface area (Å²) in [4.78, 5) is 36.8. The molecule has 134 valence electrons. The summed E-state index contributed by atoms with van der Waals surface area (Å²) in [6.45, 7) is 11.2. The Labute approximate surface area is 147 Å². The minimum Gasteiger partial charge on any atom is -0.458 e. The fourth-order valence-electron chi connectivity index (χ4n) is 4.24. The van der Waals surface area contributed by atoms with Crippen molar-refractivity contribution in [3.63, 3.8) is 0 Å². The Morgan fingerprint density at radius 3 is 2.68 bits per heavy atom. The molecule has 1 aliphatic heterocycles. The number of allylic oxidation sites excluding steroid dienone is 2. The maximum atomic E-state index is 12.4. The molecule has 5 nitrogen and oxygen atoms in total. The van der Waals surface area contributed by atoms with Crippen molar-refractivity contribution in [2.75, 3.05) is 0 Å². The fourth-order valence-corrected chi connectivity index (χ4v) is 4.24. The van der Waals surface area contributed by atoms with E-state index >= 15 is 0 Å². The zero-order valence-corrected chi connectivity index (χ0v) is 15.1. The monoisotopic (exact) mass is 344 g/mol. The molecule has 5 unspecified atom stereocenters. The van der Waals surface area contributed by atoms with E-state index in [-0.39, 0.29) is 23.7 Å². The Hall–Kier alpha value is -2.17. The first-order valence-corrected chi connectivity index (χ1v) is 8.73. The molecule has 0 spiro atoms. The van der Waals surface area contributed by atoms with Crippen LogP contribution in [0.2, 0.25) is 0 Å². The zero-order chi connectivity index (χ0) is 18.5. The van der Waals surface area contributed by atoms with E-state index in [1.54, 1.807) is 26.8 Å². The first-order valence-electron chi connectivity index (χ1n) is 8.73. The van der Waals surface area contributed by atoms with Gasteiger partial charge in [-0.15, -0.1) is 0 Å². The molecule has 0 radical (unpaired) electrons. The number of ketones is 1. The minimum atomic E-state index is -0.673. The van der Waals surface area contributed by atoms with Crippen LogP contribution in [0.25, 0.3) is 0 Å². The van der Waals surface area contributed by atoms with Crippen LogP contribution in [-0.4, -0.2) is 29.9 Å². The largest absolute Gasteiger partial charge is 0.458 e. The SMILES string of the molecule is C=C1C(=O)OC2CC(C)C3CC(=O)C(C)=C3C(OC(=O)C(C)=CC)C12. The van der Waals surface area contributed by atoms with E-state index in [1.165, 1.54) is 0 Å². The molecule has 1 heterocycles. The molecule has 0 aromatic carbocycles. The first-order chi connectivity index (χ1) is 11.8. The predicted octanol–water partition coefficient (Wildman–Crippen LogP) is 2.91. The van der Waals surface area contributed by atoms with Gasteiger partial charge in [-0.05, 0) is 50.2 Å². The molecule has 2 aliphatic carbocycles. The van der Waals surface area contributed by atoms with Gasteiger partial charge in [-0.2, -0.15) is 0 Å². The van der Waals surface area contributed by atoms with Crippen molar-refractivity contribution >= 4 is 17.7 Å². The summed E-state index contributed by atoms with van der Waals surface area (Å²) < 4.78 is 11.3. The maximum absolute atomic E-state index is 12.4. The Kier molecular flexibility index (Phi) is 4.43. The van der Waals surface area contributed by atoms with Gasteiger partial charge < -0.3 is 9.47 Å². The van der Waals surface area contributed by atoms with Gasteiger partial charge in [-0.3, -0.25) is 4.79 Å². The highest BCUT2D eigenvalue weighted by molar-refractivity contribution is 5.99. The number of hydrogen-bond acceptors (Lipinski definition) is 5. The lowest BCUT2D eigenvalue weighted by Gasteiger charge is -2.28. The van der Waals surface area contributed by atoms with Crippen molar-refractivity contribution in [3.8, 4) is 0 Å². The first kappa shape index (κ1) is 17.6. The normalized spacial score (nSPS) is 35.3. The Balaban J connectivity index is 2.09. The third-order valence-electron chi connectivity index (χ3n) is 5.89. The number of Topliss-reactive ketones (excluding diaryl/α,β-unsaturated/α-hetero) is 1. The van der Waals surface area contributed by atoms with Crippen molar-refractivity contribution in [1.29, 1.82) is 0 Å². The molecule has 5 heteroatoms. The van der Waals surface area contributed by atoms with Crippen molar-refractivity contribution < 1.29 is 23.9 Å². The molecule has 3 rings (SSSR count). The van der Waals surface area contributed by atoms with Gasteiger partial charge >= 0.3 is 11.9 Å². The van der Waals surface area contributed by atoms with Crippen LogP contribution in [0.15, 0.2) is 34.9 Å². The van der Waals surface area contributed by atoms with Gasteiger partial charge in [-0.1, -0.05) is 19.6 Å². The van der Waals surface area contributed by atoms with Crippen LogP contribution in [0.4, 0.5) is 0 Å². The molecule has 3 aliphatic rings. The van der Waals surface area contributed by atoms with Gasteiger partial charge in [0.2, 0.25) is 0 Å². The Morgan fingerprint density at radius 2 is 2.04 bits per heavy atom. The summed E-state index contributed by atoms with van der Waals surface area (Å²) in [6.07, 6.45) is 1.72. The highest BCUT2D eigenvalue weighted by atomic mass is 16.6. The second-order valence-electron chi connectivity index (χ2n) is 7.32. The molecule has 0 aromatic heterocycles. The molecular formula is C20H24O5. The van der Waals surface area contributed by atoms with Gasteiger partial charge in [-0.25, -0.2) is 9.59 Å². The summed E-state index contributed by atoms with van der Waals surface area (Å²) in [7, 11) is 0. The zero-order valence-electron chi connectivity index (χ0n) is 15.1. The van der Waals surface area contributed by atoms with Gasteiger partial charge in [0.05, 0.1) is 5.92 Å². The number of ether oxygens (including phenoxy) is 2. The van der Waals surface area contributed by atoms with Crippen LogP contribution in [0.3, 0.4) is 0 Å². The summed E-state index contributed by atoms with van der Waals surface area (Å²) in [5.74, 6) is -1.03. The third kappa shape index (κ3) is 2.75. The van der Waals surface area contributed by atoms with E-state index in [2.05, 4.69) is 13.5 Å². The van der Waals surface area contributed by atoms with Gasteiger partial charge in [0.1, 0.15) is 12.2 Å². The van der Waals surface area contributed by atoms with Gasteiger partial charge in [0.15, 0.2) is 5.78 Å². The number of carbonyl (C=O) groups excluding carboxylic acids is 3. The summed E-state index contributed by atoms with van der Waals surface area (Å²) in [6, 6.07) is 0. The third-order valence-corrected chi connectivity index (χ3v) is 5.89. The number of rotatable bonds is 2. The highest BCUT2D eigenvalue weighted by Crippen LogP contribution is 2.49. The van der Waals surface area contributed by atoms with Gasteiger partial charge in [0.25, 0.3) is 0 Å². The lowest BCUT2D eigenvalue weighted by Crippen LogP contribution is -2.34. The van der Waals surface area contributed by atoms with E-state index in [9.17, 15) is 14.4 Å². The molecule has 0 amide bonds. The van der Waals surface area contributed by atoms with Crippen molar-refractivity contribution in [3.05, 3.63) is 34.9 Å². The Morgan fingerprint density at radius 1 is 1.36 bits per heavy atom. The lowest BCUT2D eigenvalue weighted by molar-refractivity contribution is -0.145. The average Bonchev–Trinajstić information content (AvgIpc) is 2.98. The molecule has 25 heavy (non-hydrogen) atoms. The number of esters is 2. The topological polar surface area (TPSA) is 69.7 Å². The minimum absolute atomic E-state index is 0.0216. The predicted molar refractivity (Wildman–Crippen MR) is 91.4 cm³/mol. The van der Waals surface area contributed by atoms with Crippen molar-refractivity contribution in [1.82, 2.24) is 0 Å². The molecule has 1 saturated heterocycles. The van der Waals surface area contributed by atoms with E-state index in [1.807, 2.05) is 0 Å². The molecule has 1 saturated carbocycles. The van der Waals surface area contributed by atoms with E-state index in [4.69, 9.17) is 9.47 Å². The molecule has 0 aromatic rings. The van der Waals surface area contributed by atoms with Crippen LogP contribution in [0, 0.1) is 17.8 Å². The van der Waals surface area contributed by atoms with Crippen molar-refractivity contribution in [2.24, 2.45) is 17.8 Å². The maximum Gasteiger partial charge on any atom is 0.334 e. The van der Waals surface area contributed by atoms with E-state index in [0.717, 1.165) is 5.57 Å². The molecule has 0 bridgehead atoms. The second-order valence-corrected chi connectivity index (χ2v) is 7.32. The Bertz CT molecular complexity index is 726. The molecule has 5 atom stereocenters. The molecule has 2 fully saturated rings. The number of hydrogen-bond donors (Lipinski definition) is 0. The van der Waals surface area contributed by atoms with E-state index in [0.29, 0.717) is 29.6 Å².